The number of aromatic nitrogens is 1. The van der Waals surface area contributed by atoms with Crippen molar-refractivity contribution in [3.63, 3.8) is 0 Å². The van der Waals surface area contributed by atoms with Crippen molar-refractivity contribution in [1.82, 2.24) is 4.98 Å². The predicted octanol–water partition coefficient (Wildman–Crippen LogP) is 9.49. The highest BCUT2D eigenvalue weighted by atomic mass is 35.5. The van der Waals surface area contributed by atoms with Crippen LogP contribution in [-0.2, 0) is 4.79 Å². The Bertz CT molecular complexity index is 1650. The smallest absolute Gasteiger partial charge is 0.248 e. The standard InChI is InChI=1S/C29H21Cl3N2O3/c1-16(2)17-3-10-27-25(13-17)34-29(37-27)22-15-19(5-9-23(22)31)33-28(35)12-7-20-6-11-26(36-20)21-8-4-18(30)14-24(21)32/h3-16H,1-2H3,(H,33,35)/b12-7+. The van der Waals surface area contributed by atoms with Crippen molar-refractivity contribution in [3.8, 4) is 22.8 Å². The lowest BCUT2D eigenvalue weighted by Crippen LogP contribution is -2.07. The second-order valence-electron chi connectivity index (χ2n) is 8.74. The van der Waals surface area contributed by atoms with Gasteiger partial charge in [0.25, 0.3) is 0 Å². The molecular weight excluding hydrogens is 531 g/mol. The zero-order valence-electron chi connectivity index (χ0n) is 19.9. The molecule has 5 nitrogen and oxygen atoms in total. The van der Waals surface area contributed by atoms with Gasteiger partial charge < -0.3 is 14.2 Å². The van der Waals surface area contributed by atoms with E-state index >= 15 is 0 Å². The third-order valence-electron chi connectivity index (χ3n) is 5.76. The fourth-order valence-electron chi connectivity index (χ4n) is 3.80. The quantitative estimate of drug-likeness (QED) is 0.213. The largest absolute Gasteiger partial charge is 0.457 e. The van der Waals surface area contributed by atoms with E-state index in [1.807, 2.05) is 18.2 Å². The van der Waals surface area contributed by atoms with Gasteiger partial charge in [-0.2, -0.15) is 0 Å². The molecule has 0 saturated carbocycles. The van der Waals surface area contributed by atoms with E-state index in [4.69, 9.17) is 43.6 Å². The van der Waals surface area contributed by atoms with Crippen LogP contribution < -0.4 is 5.32 Å². The SMILES string of the molecule is CC(C)c1ccc2oc(-c3cc(NC(=O)/C=C/c4ccc(-c5ccc(Cl)cc5Cl)o4)ccc3Cl)nc2c1. The Morgan fingerprint density at radius 1 is 0.892 bits per heavy atom. The lowest BCUT2D eigenvalue weighted by molar-refractivity contribution is -0.111. The number of hydrogen-bond acceptors (Lipinski definition) is 4. The topological polar surface area (TPSA) is 68.3 Å². The van der Waals surface area contributed by atoms with Crippen molar-refractivity contribution in [2.75, 3.05) is 5.32 Å². The molecule has 0 bridgehead atoms. The van der Waals surface area contributed by atoms with Gasteiger partial charge in [0.1, 0.15) is 17.0 Å². The number of fused-ring (bicyclic) bond motifs is 1. The Labute approximate surface area is 228 Å². The summed E-state index contributed by atoms with van der Waals surface area (Å²) in [6.45, 7) is 4.25. The number of halogens is 3. The molecule has 5 rings (SSSR count). The zero-order valence-corrected chi connectivity index (χ0v) is 22.2. The molecule has 0 spiro atoms. The first-order chi connectivity index (χ1) is 17.8. The second kappa shape index (κ2) is 10.5. The zero-order chi connectivity index (χ0) is 26.1. The Hall–Kier alpha value is -3.51. The van der Waals surface area contributed by atoms with Gasteiger partial charge in [-0.1, -0.05) is 54.7 Å². The van der Waals surface area contributed by atoms with Crippen molar-refractivity contribution in [1.29, 1.82) is 0 Å². The van der Waals surface area contributed by atoms with Gasteiger partial charge in [-0.25, -0.2) is 4.98 Å². The molecule has 37 heavy (non-hydrogen) atoms. The third kappa shape index (κ3) is 5.59. The molecule has 0 aliphatic carbocycles. The number of furan rings is 1. The lowest BCUT2D eigenvalue weighted by atomic mass is 10.0. The highest BCUT2D eigenvalue weighted by molar-refractivity contribution is 6.36. The first-order valence-corrected chi connectivity index (χ1v) is 12.6. The van der Waals surface area contributed by atoms with E-state index in [1.54, 1.807) is 54.6 Å². The first kappa shape index (κ1) is 25.2. The summed E-state index contributed by atoms with van der Waals surface area (Å²) in [6, 6.07) is 19.8. The molecule has 0 fully saturated rings. The number of hydrogen-bond donors (Lipinski definition) is 1. The molecule has 1 amide bonds. The van der Waals surface area contributed by atoms with E-state index in [0.717, 1.165) is 5.52 Å². The van der Waals surface area contributed by atoms with Gasteiger partial charge in [0.05, 0.1) is 15.6 Å². The number of rotatable bonds is 6. The fraction of sp³-hybridized carbons (Fsp3) is 0.103. The highest BCUT2D eigenvalue weighted by Crippen LogP contribution is 2.34. The van der Waals surface area contributed by atoms with Gasteiger partial charge in [0.2, 0.25) is 11.8 Å². The molecule has 0 aliphatic heterocycles. The van der Waals surface area contributed by atoms with Crippen LogP contribution >= 0.6 is 34.8 Å². The van der Waals surface area contributed by atoms with Gasteiger partial charge in [0, 0.05) is 22.3 Å². The Balaban J connectivity index is 1.32. The van der Waals surface area contributed by atoms with Crippen LogP contribution in [0, 0.1) is 0 Å². The fourth-order valence-corrected chi connectivity index (χ4v) is 4.50. The lowest BCUT2D eigenvalue weighted by Gasteiger charge is -2.05. The van der Waals surface area contributed by atoms with Gasteiger partial charge in [0.15, 0.2) is 5.58 Å². The van der Waals surface area contributed by atoms with Crippen LogP contribution in [0.2, 0.25) is 15.1 Å². The van der Waals surface area contributed by atoms with Crippen LogP contribution in [0.15, 0.2) is 81.6 Å². The number of benzene rings is 3. The summed E-state index contributed by atoms with van der Waals surface area (Å²) in [6.07, 6.45) is 2.96. The summed E-state index contributed by atoms with van der Waals surface area (Å²) in [5.74, 6) is 1.50. The van der Waals surface area contributed by atoms with Crippen molar-refractivity contribution < 1.29 is 13.6 Å². The molecule has 1 N–H and O–H groups in total. The maximum absolute atomic E-state index is 12.6. The van der Waals surface area contributed by atoms with Crippen LogP contribution in [0.1, 0.15) is 31.1 Å². The van der Waals surface area contributed by atoms with Crippen LogP contribution in [0.25, 0.3) is 40.0 Å². The Morgan fingerprint density at radius 2 is 1.73 bits per heavy atom. The van der Waals surface area contributed by atoms with E-state index in [1.165, 1.54) is 11.6 Å². The minimum Gasteiger partial charge on any atom is -0.457 e. The summed E-state index contributed by atoms with van der Waals surface area (Å²) in [5.41, 5.74) is 4.45. The summed E-state index contributed by atoms with van der Waals surface area (Å²) in [4.78, 5) is 17.2. The van der Waals surface area contributed by atoms with Crippen LogP contribution in [0.3, 0.4) is 0 Å². The number of amides is 1. The van der Waals surface area contributed by atoms with Crippen molar-refractivity contribution in [3.05, 3.63) is 99.2 Å². The number of oxazole rings is 1. The van der Waals surface area contributed by atoms with Crippen molar-refractivity contribution in [2.24, 2.45) is 0 Å². The Morgan fingerprint density at radius 3 is 2.51 bits per heavy atom. The average molecular weight is 552 g/mol. The van der Waals surface area contributed by atoms with E-state index in [-0.39, 0.29) is 5.91 Å². The normalized spacial score (nSPS) is 11.6. The van der Waals surface area contributed by atoms with Crippen molar-refractivity contribution in [2.45, 2.75) is 19.8 Å². The monoisotopic (exact) mass is 550 g/mol. The van der Waals surface area contributed by atoms with Crippen LogP contribution in [-0.4, -0.2) is 10.9 Å². The molecule has 0 unspecified atom stereocenters. The molecule has 0 aliphatic rings. The number of nitrogens with zero attached hydrogens (tertiary/aromatic N) is 1. The van der Waals surface area contributed by atoms with Gasteiger partial charge >= 0.3 is 0 Å². The maximum Gasteiger partial charge on any atom is 0.248 e. The summed E-state index contributed by atoms with van der Waals surface area (Å²) >= 11 is 18.7. The number of carbonyl (C=O) groups is 1. The molecule has 186 valence electrons. The van der Waals surface area contributed by atoms with Crippen molar-refractivity contribution >= 4 is 63.6 Å². The molecule has 5 aromatic rings. The number of anilines is 1. The van der Waals surface area contributed by atoms with Gasteiger partial charge in [-0.05, 0) is 78.2 Å². The highest BCUT2D eigenvalue weighted by Gasteiger charge is 2.14. The molecule has 0 saturated heterocycles. The number of nitrogens with one attached hydrogen (secondary N) is 1. The van der Waals surface area contributed by atoms with Gasteiger partial charge in [-0.15, -0.1) is 0 Å². The maximum atomic E-state index is 12.6. The summed E-state index contributed by atoms with van der Waals surface area (Å²) < 4.78 is 11.7. The second-order valence-corrected chi connectivity index (χ2v) is 10.00. The molecule has 8 heteroatoms. The van der Waals surface area contributed by atoms with E-state index < -0.39 is 0 Å². The molecule has 3 aromatic carbocycles. The molecule has 0 atom stereocenters. The number of carbonyl (C=O) groups excluding carboxylic acids is 1. The minimum atomic E-state index is -0.338. The molecule has 0 radical (unpaired) electrons. The predicted molar refractivity (Wildman–Crippen MR) is 150 cm³/mol. The van der Waals surface area contributed by atoms with Crippen LogP contribution in [0.4, 0.5) is 5.69 Å². The molecule has 2 heterocycles. The average Bonchev–Trinajstić information content (AvgIpc) is 3.50. The van der Waals surface area contributed by atoms with Crippen LogP contribution in [0.5, 0.6) is 0 Å². The van der Waals surface area contributed by atoms with E-state index in [0.29, 0.717) is 60.8 Å². The minimum absolute atomic E-state index is 0.338. The summed E-state index contributed by atoms with van der Waals surface area (Å²) in [7, 11) is 0. The first-order valence-electron chi connectivity index (χ1n) is 11.5. The van der Waals surface area contributed by atoms with E-state index in [2.05, 4.69) is 24.1 Å². The van der Waals surface area contributed by atoms with Gasteiger partial charge in [-0.3, -0.25) is 4.79 Å². The molecular formula is C29H21Cl3N2O3. The summed E-state index contributed by atoms with van der Waals surface area (Å²) in [5, 5.41) is 4.32. The third-order valence-corrected chi connectivity index (χ3v) is 6.64. The molecule has 2 aromatic heterocycles. The Kier molecular flexibility index (Phi) is 7.11. The van der Waals surface area contributed by atoms with E-state index in [9.17, 15) is 4.79 Å².